The summed E-state index contributed by atoms with van der Waals surface area (Å²) in [6.07, 6.45) is -0.840. The van der Waals surface area contributed by atoms with E-state index in [-0.39, 0.29) is 32.0 Å². The van der Waals surface area contributed by atoms with Crippen molar-refractivity contribution in [2.24, 2.45) is 0 Å². The first-order valence-electron chi connectivity index (χ1n) is 9.69. The van der Waals surface area contributed by atoms with Gasteiger partial charge in [0.1, 0.15) is 23.2 Å². The van der Waals surface area contributed by atoms with Crippen LogP contribution < -0.4 is 14.8 Å². The van der Waals surface area contributed by atoms with Crippen molar-refractivity contribution in [1.29, 1.82) is 0 Å². The zero-order valence-corrected chi connectivity index (χ0v) is 17.9. The van der Waals surface area contributed by atoms with E-state index in [4.69, 9.17) is 21.1 Å². The van der Waals surface area contributed by atoms with Crippen molar-refractivity contribution in [1.82, 2.24) is 10.2 Å². The number of aliphatic hydroxyl groups excluding tert-OH is 1. The second-order valence-corrected chi connectivity index (χ2v) is 7.91. The minimum atomic E-state index is -1.42. The van der Waals surface area contributed by atoms with Gasteiger partial charge in [0.25, 0.3) is 0 Å². The minimum Gasteiger partial charge on any atom is -0.497 e. The second-order valence-electron chi connectivity index (χ2n) is 7.48. The van der Waals surface area contributed by atoms with Crippen molar-refractivity contribution < 1.29 is 24.5 Å². The molecule has 0 aliphatic carbocycles. The molecule has 1 amide bonds. The fourth-order valence-corrected chi connectivity index (χ4v) is 3.67. The molecule has 3 N–H and O–H groups in total. The highest BCUT2D eigenvalue weighted by Gasteiger charge is 2.45. The number of carbonyl (C=O) groups excluding carboxylic acids is 1. The van der Waals surface area contributed by atoms with E-state index in [0.29, 0.717) is 23.1 Å². The number of rotatable bonds is 8. The van der Waals surface area contributed by atoms with Crippen LogP contribution in [0.3, 0.4) is 0 Å². The van der Waals surface area contributed by atoms with Gasteiger partial charge in [-0.15, -0.1) is 0 Å². The Balaban J connectivity index is 1.56. The molecule has 1 saturated heterocycles. The van der Waals surface area contributed by atoms with Gasteiger partial charge in [-0.25, -0.2) is 0 Å². The highest BCUT2D eigenvalue weighted by molar-refractivity contribution is 6.30. The van der Waals surface area contributed by atoms with E-state index in [9.17, 15) is 15.0 Å². The standard InChI is InChI=1S/C22H27ClN2O5/c1-29-18-8-5-16(19(10-18)30-2)11-24-13-22(28)14-25(12-20(22)26)21(27)9-15-3-6-17(23)7-4-15/h3-8,10,20,24,26,28H,9,11-14H2,1-2H3/t20-,22+/m1/s1. The second kappa shape index (κ2) is 9.66. The molecular weight excluding hydrogens is 408 g/mol. The quantitative estimate of drug-likeness (QED) is 0.585. The van der Waals surface area contributed by atoms with Crippen molar-refractivity contribution in [3.63, 3.8) is 0 Å². The number of amides is 1. The van der Waals surface area contributed by atoms with Crippen molar-refractivity contribution in [3.05, 3.63) is 58.6 Å². The molecule has 0 bridgehead atoms. The number of halogens is 1. The van der Waals surface area contributed by atoms with E-state index >= 15 is 0 Å². The number of hydrogen-bond acceptors (Lipinski definition) is 6. The average Bonchev–Trinajstić information content (AvgIpc) is 3.04. The molecule has 2 aromatic rings. The number of hydrogen-bond donors (Lipinski definition) is 3. The van der Waals surface area contributed by atoms with Crippen LogP contribution in [0.2, 0.25) is 5.02 Å². The van der Waals surface area contributed by atoms with E-state index < -0.39 is 11.7 Å². The Kier molecular flexibility index (Phi) is 7.20. The lowest BCUT2D eigenvalue weighted by molar-refractivity contribution is -0.130. The van der Waals surface area contributed by atoms with Crippen LogP contribution in [0.5, 0.6) is 11.5 Å². The van der Waals surface area contributed by atoms with E-state index in [0.717, 1.165) is 11.1 Å². The molecule has 30 heavy (non-hydrogen) atoms. The summed E-state index contributed by atoms with van der Waals surface area (Å²) in [7, 11) is 3.17. The Bertz CT molecular complexity index is 876. The van der Waals surface area contributed by atoms with Gasteiger partial charge in [0.05, 0.1) is 27.2 Å². The van der Waals surface area contributed by atoms with Crippen molar-refractivity contribution in [2.45, 2.75) is 24.7 Å². The Labute approximate surface area is 181 Å². The normalized spacial score (nSPS) is 21.0. The fraction of sp³-hybridized carbons (Fsp3) is 0.409. The van der Waals surface area contributed by atoms with Gasteiger partial charge in [0.2, 0.25) is 5.91 Å². The third kappa shape index (κ3) is 5.23. The van der Waals surface area contributed by atoms with Crippen LogP contribution in [0.1, 0.15) is 11.1 Å². The first-order valence-corrected chi connectivity index (χ1v) is 10.1. The molecular formula is C22H27ClN2O5. The van der Waals surface area contributed by atoms with E-state index in [1.54, 1.807) is 44.6 Å². The van der Waals surface area contributed by atoms with Crippen LogP contribution >= 0.6 is 11.6 Å². The predicted molar refractivity (Wildman–Crippen MR) is 114 cm³/mol. The maximum atomic E-state index is 12.6. The summed E-state index contributed by atoms with van der Waals surface area (Å²) in [5.74, 6) is 1.21. The van der Waals surface area contributed by atoms with Crippen LogP contribution in [0, 0.1) is 0 Å². The molecule has 0 spiro atoms. The molecule has 0 radical (unpaired) electrons. The lowest BCUT2D eigenvalue weighted by atomic mass is 10.0. The van der Waals surface area contributed by atoms with Gasteiger partial charge in [0, 0.05) is 36.3 Å². The predicted octanol–water partition coefficient (Wildman–Crippen LogP) is 1.62. The van der Waals surface area contributed by atoms with Gasteiger partial charge in [-0.05, 0) is 23.8 Å². The molecule has 2 atom stereocenters. The topological polar surface area (TPSA) is 91.3 Å². The summed E-state index contributed by atoms with van der Waals surface area (Å²) in [6.45, 7) is 0.721. The van der Waals surface area contributed by atoms with Crippen molar-refractivity contribution in [2.75, 3.05) is 33.9 Å². The van der Waals surface area contributed by atoms with Crippen LogP contribution in [0.15, 0.2) is 42.5 Å². The lowest BCUT2D eigenvalue weighted by Crippen LogP contribution is -2.50. The molecule has 0 unspecified atom stereocenters. The molecule has 1 fully saturated rings. The summed E-state index contributed by atoms with van der Waals surface area (Å²) in [4.78, 5) is 14.1. The number of nitrogens with one attached hydrogen (secondary N) is 1. The molecule has 162 valence electrons. The molecule has 2 aromatic carbocycles. The summed E-state index contributed by atoms with van der Waals surface area (Å²) >= 11 is 5.88. The first kappa shape index (κ1) is 22.4. The third-order valence-electron chi connectivity index (χ3n) is 5.34. The molecule has 1 heterocycles. The number of benzene rings is 2. The van der Waals surface area contributed by atoms with Crippen LogP contribution in [0.25, 0.3) is 0 Å². The number of carbonyl (C=O) groups is 1. The monoisotopic (exact) mass is 434 g/mol. The maximum Gasteiger partial charge on any atom is 0.227 e. The first-order chi connectivity index (χ1) is 14.3. The van der Waals surface area contributed by atoms with Gasteiger partial charge in [-0.2, -0.15) is 0 Å². The number of β-amino-alcohol motifs (C(OH)–C–C–N with tert-alkyl or cyclic N) is 2. The van der Waals surface area contributed by atoms with Crippen LogP contribution in [0.4, 0.5) is 0 Å². The van der Waals surface area contributed by atoms with Gasteiger partial charge in [-0.1, -0.05) is 29.8 Å². The molecule has 0 saturated carbocycles. The Morgan fingerprint density at radius 3 is 2.63 bits per heavy atom. The van der Waals surface area contributed by atoms with E-state index in [2.05, 4.69) is 5.32 Å². The SMILES string of the molecule is COc1ccc(CNC[C@]2(O)CN(C(=O)Cc3ccc(Cl)cc3)C[C@H]2O)c(OC)c1. The molecule has 8 heteroatoms. The number of likely N-dealkylation sites (tertiary alicyclic amines) is 1. The third-order valence-corrected chi connectivity index (χ3v) is 5.59. The molecule has 7 nitrogen and oxygen atoms in total. The largest absolute Gasteiger partial charge is 0.497 e. The number of ether oxygens (including phenoxy) is 2. The minimum absolute atomic E-state index is 0.0628. The fourth-order valence-electron chi connectivity index (χ4n) is 3.54. The van der Waals surface area contributed by atoms with Crippen LogP contribution in [-0.2, 0) is 17.8 Å². The van der Waals surface area contributed by atoms with Crippen molar-refractivity contribution >= 4 is 17.5 Å². The zero-order valence-electron chi connectivity index (χ0n) is 17.1. The average molecular weight is 435 g/mol. The summed E-state index contributed by atoms with van der Waals surface area (Å²) in [5.41, 5.74) is 0.305. The maximum absolute atomic E-state index is 12.6. The lowest BCUT2D eigenvalue weighted by Gasteiger charge is -2.26. The van der Waals surface area contributed by atoms with E-state index in [1.807, 2.05) is 12.1 Å². The summed E-state index contributed by atoms with van der Waals surface area (Å²) < 4.78 is 10.6. The van der Waals surface area contributed by atoms with Gasteiger partial charge in [-0.3, -0.25) is 4.79 Å². The Hall–Kier alpha value is -2.32. The van der Waals surface area contributed by atoms with Gasteiger partial charge >= 0.3 is 0 Å². The van der Waals surface area contributed by atoms with Crippen LogP contribution in [-0.4, -0.2) is 66.6 Å². The van der Waals surface area contributed by atoms with Gasteiger partial charge < -0.3 is 29.9 Å². The highest BCUT2D eigenvalue weighted by Crippen LogP contribution is 2.26. The number of methoxy groups -OCH3 is 2. The Morgan fingerprint density at radius 2 is 1.97 bits per heavy atom. The molecule has 0 aromatic heterocycles. The summed E-state index contributed by atoms with van der Waals surface area (Å²) in [5, 5.41) is 25.1. The van der Waals surface area contributed by atoms with Crippen molar-refractivity contribution in [3.8, 4) is 11.5 Å². The highest BCUT2D eigenvalue weighted by atomic mass is 35.5. The van der Waals surface area contributed by atoms with E-state index in [1.165, 1.54) is 4.90 Å². The smallest absolute Gasteiger partial charge is 0.227 e. The molecule has 1 aliphatic heterocycles. The van der Waals surface area contributed by atoms with Gasteiger partial charge in [0.15, 0.2) is 0 Å². The number of aliphatic hydroxyl groups is 2. The molecule has 1 aliphatic rings. The summed E-state index contributed by atoms with van der Waals surface area (Å²) in [6, 6.07) is 12.5. The number of nitrogens with zero attached hydrogens (tertiary/aromatic N) is 1. The zero-order chi connectivity index (χ0) is 21.7. The molecule has 3 rings (SSSR count). The Morgan fingerprint density at radius 1 is 1.23 bits per heavy atom.